The van der Waals surface area contributed by atoms with Crippen molar-refractivity contribution in [2.75, 3.05) is 13.1 Å². The SMILES string of the molecule is CC(C)Sc1cccn2c(C(C)(C)NC(=O)[C@@H]3[C@@H]4CN(C(=O)O)C[C@@H]43)ncc12. The third-order valence-corrected chi connectivity index (χ3v) is 6.73. The van der Waals surface area contributed by atoms with Crippen LogP contribution in [-0.4, -0.2) is 49.7 Å². The number of likely N-dealkylation sites (tertiary alicyclic amines) is 1. The molecule has 3 atom stereocenters. The Bertz CT molecular complexity index is 927. The predicted octanol–water partition coefficient (Wildman–Crippen LogP) is 3.04. The maximum atomic E-state index is 12.8. The van der Waals surface area contributed by atoms with Crippen LogP contribution >= 0.6 is 11.8 Å². The molecule has 3 heterocycles. The number of aromatic nitrogens is 2. The first-order chi connectivity index (χ1) is 13.2. The van der Waals surface area contributed by atoms with E-state index in [0.717, 1.165) is 11.3 Å². The van der Waals surface area contributed by atoms with Crippen LogP contribution in [0.5, 0.6) is 0 Å². The summed E-state index contributed by atoms with van der Waals surface area (Å²) in [4.78, 5) is 31.1. The summed E-state index contributed by atoms with van der Waals surface area (Å²) in [6, 6.07) is 4.10. The van der Waals surface area contributed by atoms with Crippen LogP contribution < -0.4 is 5.32 Å². The van der Waals surface area contributed by atoms with Crippen molar-refractivity contribution in [3.63, 3.8) is 0 Å². The number of thioether (sulfide) groups is 1. The van der Waals surface area contributed by atoms with Crippen LogP contribution in [0.3, 0.4) is 0 Å². The van der Waals surface area contributed by atoms with Crippen molar-refractivity contribution >= 4 is 29.3 Å². The van der Waals surface area contributed by atoms with Gasteiger partial charge in [0.15, 0.2) is 0 Å². The van der Waals surface area contributed by atoms with Crippen molar-refractivity contribution in [3.05, 3.63) is 30.4 Å². The zero-order chi connectivity index (χ0) is 20.2. The Morgan fingerprint density at radius 3 is 2.61 bits per heavy atom. The van der Waals surface area contributed by atoms with Gasteiger partial charge < -0.3 is 19.7 Å². The number of hydrogen-bond donors (Lipinski definition) is 2. The largest absolute Gasteiger partial charge is 0.465 e. The first-order valence-corrected chi connectivity index (χ1v) is 10.5. The van der Waals surface area contributed by atoms with Crippen LogP contribution in [0.1, 0.15) is 33.5 Å². The molecule has 2 fully saturated rings. The van der Waals surface area contributed by atoms with E-state index in [-0.39, 0.29) is 23.7 Å². The summed E-state index contributed by atoms with van der Waals surface area (Å²) in [7, 11) is 0. The highest BCUT2D eigenvalue weighted by molar-refractivity contribution is 8.00. The summed E-state index contributed by atoms with van der Waals surface area (Å²) in [6.45, 7) is 9.16. The molecule has 0 bridgehead atoms. The molecule has 0 unspecified atom stereocenters. The molecule has 2 N–H and O–H groups in total. The maximum absolute atomic E-state index is 12.8. The fourth-order valence-electron chi connectivity index (χ4n) is 4.33. The molecule has 0 spiro atoms. The van der Waals surface area contributed by atoms with E-state index in [1.165, 1.54) is 9.80 Å². The van der Waals surface area contributed by atoms with E-state index in [0.29, 0.717) is 18.3 Å². The number of nitrogens with zero attached hydrogens (tertiary/aromatic N) is 3. The molecule has 28 heavy (non-hydrogen) atoms. The van der Waals surface area contributed by atoms with Crippen LogP contribution in [0.2, 0.25) is 0 Å². The van der Waals surface area contributed by atoms with Gasteiger partial charge in [0.2, 0.25) is 5.91 Å². The van der Waals surface area contributed by atoms with Gasteiger partial charge in [-0.1, -0.05) is 13.8 Å². The molecule has 2 aromatic heterocycles. The molecule has 150 valence electrons. The maximum Gasteiger partial charge on any atom is 0.407 e. The lowest BCUT2D eigenvalue weighted by atomic mass is 10.0. The number of pyridine rings is 1. The molecule has 7 nitrogen and oxygen atoms in total. The quantitative estimate of drug-likeness (QED) is 0.751. The average Bonchev–Trinajstić information content (AvgIpc) is 2.97. The number of fused-ring (bicyclic) bond motifs is 2. The molecular formula is C20H26N4O3S. The predicted molar refractivity (Wildman–Crippen MR) is 107 cm³/mol. The number of imidazole rings is 1. The standard InChI is InChI=1S/C20H26N4O3S/c1-11(2)28-15-6-5-7-24-14(15)8-21-18(24)20(3,4)22-17(25)16-12-9-23(19(26)27)10-13(12)16/h5-8,11-13,16H,9-10H2,1-4H3,(H,22,25)(H,26,27)/t12-,13+,16-. The van der Waals surface area contributed by atoms with Gasteiger partial charge in [-0.15, -0.1) is 11.8 Å². The van der Waals surface area contributed by atoms with Gasteiger partial charge >= 0.3 is 6.09 Å². The first kappa shape index (κ1) is 19.1. The van der Waals surface area contributed by atoms with Crippen molar-refractivity contribution in [3.8, 4) is 0 Å². The van der Waals surface area contributed by atoms with E-state index in [1.54, 1.807) is 11.8 Å². The topological polar surface area (TPSA) is 86.9 Å². The average molecular weight is 403 g/mol. The van der Waals surface area contributed by atoms with Crippen molar-refractivity contribution in [2.45, 2.75) is 43.4 Å². The summed E-state index contributed by atoms with van der Waals surface area (Å²) in [5, 5.41) is 12.7. The zero-order valence-electron chi connectivity index (χ0n) is 16.5. The van der Waals surface area contributed by atoms with Crippen molar-refractivity contribution in [2.24, 2.45) is 17.8 Å². The number of carbonyl (C=O) groups is 2. The number of carbonyl (C=O) groups excluding carboxylic acids is 1. The van der Waals surface area contributed by atoms with Crippen molar-refractivity contribution in [1.29, 1.82) is 0 Å². The van der Waals surface area contributed by atoms with Crippen molar-refractivity contribution < 1.29 is 14.7 Å². The minimum atomic E-state index is -0.898. The number of carboxylic acid groups (broad SMARTS) is 1. The molecule has 1 saturated carbocycles. The summed E-state index contributed by atoms with van der Waals surface area (Å²) in [6.07, 6.45) is 2.95. The second-order valence-electron chi connectivity index (χ2n) is 8.53. The molecule has 8 heteroatoms. The monoisotopic (exact) mass is 402 g/mol. The van der Waals surface area contributed by atoms with Crippen LogP contribution in [0.4, 0.5) is 4.79 Å². The number of rotatable bonds is 5. The molecule has 2 aromatic rings. The molecule has 1 aliphatic heterocycles. The van der Waals surface area contributed by atoms with Gasteiger partial charge in [-0.2, -0.15) is 0 Å². The van der Waals surface area contributed by atoms with E-state index in [2.05, 4.69) is 30.2 Å². The van der Waals surface area contributed by atoms with Crippen LogP contribution in [-0.2, 0) is 10.3 Å². The highest BCUT2D eigenvalue weighted by Gasteiger charge is 2.60. The third-order valence-electron chi connectivity index (χ3n) is 5.66. The molecule has 4 rings (SSSR count). The Hall–Kier alpha value is -2.22. The van der Waals surface area contributed by atoms with E-state index in [9.17, 15) is 9.59 Å². The highest BCUT2D eigenvalue weighted by atomic mass is 32.2. The second kappa shape index (κ2) is 6.69. The van der Waals surface area contributed by atoms with Gasteiger partial charge in [-0.3, -0.25) is 4.79 Å². The highest BCUT2D eigenvalue weighted by Crippen LogP contribution is 2.52. The van der Waals surface area contributed by atoms with Gasteiger partial charge in [0.25, 0.3) is 0 Å². The fraction of sp³-hybridized carbons (Fsp3) is 0.550. The van der Waals surface area contributed by atoms with Crippen LogP contribution in [0.25, 0.3) is 5.52 Å². The van der Waals surface area contributed by atoms with Gasteiger partial charge in [-0.05, 0) is 37.8 Å². The van der Waals surface area contributed by atoms with Crippen LogP contribution in [0.15, 0.2) is 29.4 Å². The number of nitrogens with one attached hydrogen (secondary N) is 1. The zero-order valence-corrected chi connectivity index (χ0v) is 17.4. The lowest BCUT2D eigenvalue weighted by Crippen LogP contribution is -2.44. The molecule has 0 radical (unpaired) electrons. The molecule has 1 aliphatic carbocycles. The first-order valence-electron chi connectivity index (χ1n) is 9.62. The Morgan fingerprint density at radius 1 is 1.32 bits per heavy atom. The fourth-order valence-corrected chi connectivity index (χ4v) is 5.27. The smallest absolute Gasteiger partial charge is 0.407 e. The normalized spacial score (nSPS) is 23.9. The van der Waals surface area contributed by atoms with E-state index < -0.39 is 11.6 Å². The lowest BCUT2D eigenvalue weighted by Gasteiger charge is -2.26. The lowest BCUT2D eigenvalue weighted by molar-refractivity contribution is -0.125. The summed E-state index contributed by atoms with van der Waals surface area (Å²) < 4.78 is 2.05. The van der Waals surface area contributed by atoms with Crippen molar-refractivity contribution in [1.82, 2.24) is 19.6 Å². The number of piperidine rings is 1. The molecular weight excluding hydrogens is 376 g/mol. The Kier molecular flexibility index (Phi) is 4.56. The van der Waals surface area contributed by atoms with Gasteiger partial charge in [-0.25, -0.2) is 9.78 Å². The van der Waals surface area contributed by atoms with Crippen LogP contribution in [0, 0.1) is 17.8 Å². The van der Waals surface area contributed by atoms with Gasteiger partial charge in [0.1, 0.15) is 5.82 Å². The van der Waals surface area contributed by atoms with Gasteiger partial charge in [0, 0.05) is 35.3 Å². The Balaban J connectivity index is 1.50. The summed E-state index contributed by atoms with van der Waals surface area (Å²) >= 11 is 1.79. The number of amides is 2. The molecule has 2 amide bonds. The number of hydrogen-bond acceptors (Lipinski definition) is 4. The molecule has 0 aromatic carbocycles. The summed E-state index contributed by atoms with van der Waals surface area (Å²) in [5.41, 5.74) is 0.410. The minimum absolute atomic E-state index is 0.00509. The van der Waals surface area contributed by atoms with E-state index in [1.807, 2.05) is 36.7 Å². The third kappa shape index (κ3) is 3.23. The summed E-state index contributed by atoms with van der Waals surface area (Å²) in [5.74, 6) is 0.999. The Labute approximate surface area is 168 Å². The second-order valence-corrected chi connectivity index (χ2v) is 10.1. The van der Waals surface area contributed by atoms with E-state index >= 15 is 0 Å². The molecule has 2 aliphatic rings. The van der Waals surface area contributed by atoms with Gasteiger partial charge in [0.05, 0.1) is 17.3 Å². The van der Waals surface area contributed by atoms with E-state index in [4.69, 9.17) is 5.11 Å². The molecule has 1 saturated heterocycles. The Morgan fingerprint density at radius 2 is 2.00 bits per heavy atom. The minimum Gasteiger partial charge on any atom is -0.465 e.